The van der Waals surface area contributed by atoms with Gasteiger partial charge >= 0.3 is 0 Å². The van der Waals surface area contributed by atoms with Crippen molar-refractivity contribution in [2.24, 2.45) is 12.9 Å². The summed E-state index contributed by atoms with van der Waals surface area (Å²) in [7, 11) is 3.48. The van der Waals surface area contributed by atoms with E-state index in [9.17, 15) is 0 Å². The van der Waals surface area contributed by atoms with Crippen LogP contribution in [-0.2, 0) is 13.5 Å². The molecule has 0 fully saturated rings. The fourth-order valence-electron chi connectivity index (χ4n) is 1.78. The first kappa shape index (κ1) is 12.5. The SMILES string of the molecule is COc1ccc(CC(NN)c2cnn(C)c2)cn1. The van der Waals surface area contributed by atoms with Crippen LogP contribution >= 0.6 is 0 Å². The van der Waals surface area contributed by atoms with E-state index in [4.69, 9.17) is 10.6 Å². The summed E-state index contributed by atoms with van der Waals surface area (Å²) in [6, 6.07) is 3.84. The Morgan fingerprint density at radius 3 is 2.78 bits per heavy atom. The van der Waals surface area contributed by atoms with Gasteiger partial charge in [-0.15, -0.1) is 0 Å². The van der Waals surface area contributed by atoms with Crippen molar-refractivity contribution in [1.29, 1.82) is 0 Å². The number of hydrazine groups is 1. The maximum Gasteiger partial charge on any atom is 0.212 e. The average Bonchev–Trinajstić information content (AvgIpc) is 2.83. The van der Waals surface area contributed by atoms with Crippen molar-refractivity contribution in [1.82, 2.24) is 20.2 Å². The quantitative estimate of drug-likeness (QED) is 0.596. The van der Waals surface area contributed by atoms with Gasteiger partial charge in [0.05, 0.1) is 19.3 Å². The molecule has 0 aliphatic rings. The van der Waals surface area contributed by atoms with Crippen LogP contribution in [0.15, 0.2) is 30.7 Å². The number of hydrogen-bond acceptors (Lipinski definition) is 5. The van der Waals surface area contributed by atoms with Crippen LogP contribution in [0.25, 0.3) is 0 Å². The van der Waals surface area contributed by atoms with Crippen molar-refractivity contribution >= 4 is 0 Å². The average molecular weight is 247 g/mol. The summed E-state index contributed by atoms with van der Waals surface area (Å²) in [4.78, 5) is 4.17. The number of pyridine rings is 1. The third-order valence-corrected chi connectivity index (χ3v) is 2.77. The summed E-state index contributed by atoms with van der Waals surface area (Å²) in [5, 5.41) is 4.14. The Hall–Kier alpha value is -1.92. The standard InChI is InChI=1S/C12H17N5O/c1-17-8-10(7-15-17)11(16-13)5-9-3-4-12(18-2)14-6-9/h3-4,6-8,11,16H,5,13H2,1-2H3. The molecule has 0 saturated heterocycles. The van der Waals surface area contributed by atoms with E-state index >= 15 is 0 Å². The number of aryl methyl sites for hydroxylation is 1. The van der Waals surface area contributed by atoms with E-state index in [-0.39, 0.29) is 6.04 Å². The van der Waals surface area contributed by atoms with Crippen LogP contribution in [0.3, 0.4) is 0 Å². The Morgan fingerprint density at radius 1 is 1.44 bits per heavy atom. The van der Waals surface area contributed by atoms with Gasteiger partial charge in [0.1, 0.15) is 0 Å². The molecule has 2 rings (SSSR count). The minimum absolute atomic E-state index is 0.0221. The molecular formula is C12H17N5O. The monoisotopic (exact) mass is 247 g/mol. The summed E-state index contributed by atoms with van der Waals surface area (Å²) in [5.74, 6) is 6.19. The van der Waals surface area contributed by atoms with Crippen molar-refractivity contribution in [3.63, 3.8) is 0 Å². The van der Waals surface area contributed by atoms with Gasteiger partial charge < -0.3 is 4.74 Å². The van der Waals surface area contributed by atoms with E-state index in [2.05, 4.69) is 15.5 Å². The molecule has 0 aromatic carbocycles. The van der Waals surface area contributed by atoms with Crippen molar-refractivity contribution in [3.8, 4) is 5.88 Å². The molecule has 0 aliphatic heterocycles. The van der Waals surface area contributed by atoms with Gasteiger partial charge in [-0.05, 0) is 12.0 Å². The van der Waals surface area contributed by atoms with E-state index in [1.54, 1.807) is 18.0 Å². The van der Waals surface area contributed by atoms with E-state index in [0.717, 1.165) is 17.5 Å². The fourth-order valence-corrected chi connectivity index (χ4v) is 1.78. The lowest BCUT2D eigenvalue weighted by Crippen LogP contribution is -2.29. The Bertz CT molecular complexity index is 493. The number of nitrogens with one attached hydrogen (secondary N) is 1. The van der Waals surface area contributed by atoms with Gasteiger partial charge in [0, 0.05) is 31.1 Å². The number of rotatable bonds is 5. The Kier molecular flexibility index (Phi) is 3.91. The molecule has 6 heteroatoms. The van der Waals surface area contributed by atoms with Crippen molar-refractivity contribution in [3.05, 3.63) is 41.9 Å². The molecule has 0 bridgehead atoms. The van der Waals surface area contributed by atoms with E-state index < -0.39 is 0 Å². The van der Waals surface area contributed by atoms with Gasteiger partial charge in [-0.2, -0.15) is 5.10 Å². The second-order valence-electron chi connectivity index (χ2n) is 4.08. The highest BCUT2D eigenvalue weighted by Crippen LogP contribution is 2.17. The molecule has 2 aromatic rings. The Labute approximate surface area is 106 Å². The maximum atomic E-state index is 5.59. The van der Waals surface area contributed by atoms with Gasteiger partial charge in [-0.25, -0.2) is 4.98 Å². The lowest BCUT2D eigenvalue weighted by Gasteiger charge is -2.14. The van der Waals surface area contributed by atoms with Crippen LogP contribution in [0.4, 0.5) is 0 Å². The summed E-state index contributed by atoms with van der Waals surface area (Å²) in [6.45, 7) is 0. The zero-order chi connectivity index (χ0) is 13.0. The van der Waals surface area contributed by atoms with Crippen molar-refractivity contribution < 1.29 is 4.74 Å². The first-order valence-electron chi connectivity index (χ1n) is 5.66. The first-order valence-corrected chi connectivity index (χ1v) is 5.66. The van der Waals surface area contributed by atoms with Gasteiger partial charge in [0.25, 0.3) is 0 Å². The zero-order valence-electron chi connectivity index (χ0n) is 10.5. The Balaban J connectivity index is 2.10. The molecule has 0 radical (unpaired) electrons. The molecule has 1 atom stereocenters. The van der Waals surface area contributed by atoms with Crippen LogP contribution in [0, 0.1) is 0 Å². The lowest BCUT2D eigenvalue weighted by molar-refractivity contribution is 0.397. The van der Waals surface area contributed by atoms with Gasteiger partial charge in [0.2, 0.25) is 5.88 Å². The molecule has 3 N–H and O–H groups in total. The van der Waals surface area contributed by atoms with Crippen LogP contribution in [0.1, 0.15) is 17.2 Å². The summed E-state index contributed by atoms with van der Waals surface area (Å²) >= 11 is 0. The highest BCUT2D eigenvalue weighted by atomic mass is 16.5. The minimum Gasteiger partial charge on any atom is -0.481 e. The van der Waals surface area contributed by atoms with E-state index in [1.807, 2.05) is 31.6 Å². The largest absolute Gasteiger partial charge is 0.481 e. The number of aromatic nitrogens is 3. The van der Waals surface area contributed by atoms with Crippen molar-refractivity contribution in [2.75, 3.05) is 7.11 Å². The second-order valence-corrected chi connectivity index (χ2v) is 4.08. The molecule has 0 spiro atoms. The van der Waals surface area contributed by atoms with E-state index in [0.29, 0.717) is 5.88 Å². The molecule has 1 unspecified atom stereocenters. The summed E-state index contributed by atoms with van der Waals surface area (Å²) in [5.41, 5.74) is 4.93. The molecule has 6 nitrogen and oxygen atoms in total. The third kappa shape index (κ3) is 2.85. The number of hydrogen-bond donors (Lipinski definition) is 2. The number of nitrogens with zero attached hydrogens (tertiary/aromatic N) is 3. The molecular weight excluding hydrogens is 230 g/mol. The smallest absolute Gasteiger partial charge is 0.212 e. The fraction of sp³-hybridized carbons (Fsp3) is 0.333. The topological polar surface area (TPSA) is 78.0 Å². The molecule has 2 heterocycles. The first-order chi connectivity index (χ1) is 8.72. The summed E-state index contributed by atoms with van der Waals surface area (Å²) in [6.07, 6.45) is 6.29. The van der Waals surface area contributed by atoms with Crippen LogP contribution < -0.4 is 16.0 Å². The summed E-state index contributed by atoms with van der Waals surface area (Å²) < 4.78 is 6.78. The second kappa shape index (κ2) is 5.61. The van der Waals surface area contributed by atoms with Crippen LogP contribution in [-0.4, -0.2) is 21.9 Å². The minimum atomic E-state index is 0.0221. The highest BCUT2D eigenvalue weighted by molar-refractivity contribution is 5.21. The molecule has 96 valence electrons. The van der Waals surface area contributed by atoms with Crippen LogP contribution in [0.5, 0.6) is 5.88 Å². The zero-order valence-corrected chi connectivity index (χ0v) is 10.5. The molecule has 2 aromatic heterocycles. The maximum absolute atomic E-state index is 5.59. The Morgan fingerprint density at radius 2 is 2.28 bits per heavy atom. The predicted octanol–water partition coefficient (Wildman–Crippen LogP) is 0.571. The molecule has 0 saturated carbocycles. The van der Waals surface area contributed by atoms with Gasteiger partial charge in [-0.1, -0.05) is 6.07 Å². The normalized spacial score (nSPS) is 12.4. The number of nitrogens with two attached hydrogens (primary N) is 1. The highest BCUT2D eigenvalue weighted by Gasteiger charge is 2.12. The van der Waals surface area contributed by atoms with Crippen molar-refractivity contribution in [2.45, 2.75) is 12.5 Å². The van der Waals surface area contributed by atoms with Gasteiger partial charge in [0.15, 0.2) is 0 Å². The van der Waals surface area contributed by atoms with Crippen LogP contribution in [0.2, 0.25) is 0 Å². The number of ether oxygens (including phenoxy) is 1. The third-order valence-electron chi connectivity index (χ3n) is 2.77. The number of methoxy groups -OCH3 is 1. The lowest BCUT2D eigenvalue weighted by atomic mass is 10.0. The van der Waals surface area contributed by atoms with E-state index in [1.165, 1.54) is 0 Å². The predicted molar refractivity (Wildman–Crippen MR) is 67.8 cm³/mol. The van der Waals surface area contributed by atoms with Gasteiger partial charge in [-0.3, -0.25) is 16.0 Å². The molecule has 0 amide bonds. The molecule has 0 aliphatic carbocycles. The molecule has 18 heavy (non-hydrogen) atoms.